The van der Waals surface area contributed by atoms with Crippen molar-refractivity contribution in [3.8, 4) is 0 Å². The molecule has 1 fully saturated rings. The number of hydrogen-bond acceptors (Lipinski definition) is 7. The van der Waals surface area contributed by atoms with E-state index in [1.165, 1.54) is 21.3 Å². The molecule has 9 heteroatoms. The van der Waals surface area contributed by atoms with Gasteiger partial charge in [-0.25, -0.2) is 0 Å². The van der Waals surface area contributed by atoms with Crippen molar-refractivity contribution in [3.05, 3.63) is 12.7 Å². The molecule has 2 atom stereocenters. The lowest BCUT2D eigenvalue weighted by molar-refractivity contribution is -0.170. The van der Waals surface area contributed by atoms with E-state index in [2.05, 4.69) is 63.0 Å². The molecule has 0 saturated heterocycles. The molecule has 0 aliphatic heterocycles. The summed E-state index contributed by atoms with van der Waals surface area (Å²) >= 11 is 2.28. The molecule has 0 amide bonds. The first-order valence-electron chi connectivity index (χ1n) is 12.3. The van der Waals surface area contributed by atoms with E-state index in [0.29, 0.717) is 38.5 Å². The molecule has 7 nitrogen and oxygen atoms in total. The Labute approximate surface area is 226 Å². The van der Waals surface area contributed by atoms with Crippen molar-refractivity contribution in [2.75, 3.05) is 25.8 Å². The summed E-state index contributed by atoms with van der Waals surface area (Å²) in [6.45, 7) is 14.8. The van der Waals surface area contributed by atoms with Crippen molar-refractivity contribution in [3.63, 3.8) is 0 Å². The number of hydrogen-bond donors (Lipinski definition) is 0. The highest BCUT2D eigenvalue weighted by Gasteiger charge is 2.73. The molecule has 0 bridgehead atoms. The second-order valence-electron chi connectivity index (χ2n) is 11.1. The summed E-state index contributed by atoms with van der Waals surface area (Å²) in [7, 11) is 1.81. The van der Waals surface area contributed by atoms with Crippen molar-refractivity contribution < 1.29 is 33.0 Å². The number of carbonyl (C=O) groups is 3. The first-order chi connectivity index (χ1) is 16.2. The lowest BCUT2D eigenvalue weighted by Crippen LogP contribution is -2.47. The van der Waals surface area contributed by atoms with Crippen molar-refractivity contribution in [1.82, 2.24) is 0 Å². The van der Waals surface area contributed by atoms with Gasteiger partial charge in [0.25, 0.3) is 0 Å². The predicted octanol–water partition coefficient (Wildman–Crippen LogP) is 5.99. The molecular formula is C26H45IO7Si. The van der Waals surface area contributed by atoms with Crippen LogP contribution in [-0.4, -0.2) is 57.6 Å². The standard InChI is InChI=1S/C26H45IO7Si/c1-10-26(34-35(8,9)23(2,3)4)19-25(26,22(30)33-7)17-12-11-15-24(20(28)31-5,21(29)32-6)16-13-14-18-27/h10H,1,11-19H2,2-9H3. The Morgan fingerprint density at radius 2 is 1.46 bits per heavy atom. The van der Waals surface area contributed by atoms with Gasteiger partial charge < -0.3 is 18.6 Å². The fourth-order valence-electron chi connectivity index (χ4n) is 4.68. The van der Waals surface area contributed by atoms with Crippen molar-refractivity contribution in [2.24, 2.45) is 10.8 Å². The minimum Gasteiger partial charge on any atom is -0.468 e. The van der Waals surface area contributed by atoms with E-state index in [0.717, 1.165) is 17.3 Å². The smallest absolute Gasteiger partial charge is 0.323 e. The molecule has 0 radical (unpaired) electrons. The first-order valence-corrected chi connectivity index (χ1v) is 16.8. The summed E-state index contributed by atoms with van der Waals surface area (Å²) < 4.78 is 22.9. The van der Waals surface area contributed by atoms with Crippen LogP contribution in [0.4, 0.5) is 0 Å². The average Bonchev–Trinajstić information content (AvgIpc) is 3.45. The Morgan fingerprint density at radius 1 is 0.943 bits per heavy atom. The van der Waals surface area contributed by atoms with Crippen LogP contribution in [0.1, 0.15) is 72.1 Å². The number of halogens is 1. The molecule has 0 N–H and O–H groups in total. The summed E-state index contributed by atoms with van der Waals surface area (Å²) in [6.07, 6.45) is 6.28. The summed E-state index contributed by atoms with van der Waals surface area (Å²) in [5.41, 5.74) is -2.89. The molecule has 1 aliphatic rings. The van der Waals surface area contributed by atoms with Gasteiger partial charge in [-0.1, -0.05) is 68.7 Å². The van der Waals surface area contributed by atoms with E-state index in [9.17, 15) is 14.4 Å². The van der Waals surface area contributed by atoms with Gasteiger partial charge in [-0.15, -0.1) is 6.58 Å². The third-order valence-corrected chi connectivity index (χ3v) is 13.2. The summed E-state index contributed by atoms with van der Waals surface area (Å²) in [5.74, 6) is -1.42. The van der Waals surface area contributed by atoms with Crippen molar-refractivity contribution >= 4 is 48.8 Å². The molecule has 1 saturated carbocycles. The Hall–Kier alpha value is -0.943. The Bertz CT molecular complexity index is 760. The van der Waals surface area contributed by atoms with Gasteiger partial charge in [0.1, 0.15) is 5.41 Å². The molecule has 0 aromatic heterocycles. The third kappa shape index (κ3) is 6.69. The van der Waals surface area contributed by atoms with Gasteiger partial charge in [0.2, 0.25) is 0 Å². The molecule has 0 heterocycles. The van der Waals surface area contributed by atoms with E-state index in [1.807, 2.05) is 0 Å². The fraction of sp³-hybridized carbons (Fsp3) is 0.808. The van der Waals surface area contributed by atoms with E-state index in [4.69, 9.17) is 18.6 Å². The zero-order valence-corrected chi connectivity index (χ0v) is 26.0. The number of rotatable bonds is 15. The van der Waals surface area contributed by atoms with Gasteiger partial charge in [-0.05, 0) is 54.7 Å². The van der Waals surface area contributed by atoms with Crippen LogP contribution in [0.3, 0.4) is 0 Å². The van der Waals surface area contributed by atoms with Crippen LogP contribution in [-0.2, 0) is 33.0 Å². The van der Waals surface area contributed by atoms with Gasteiger partial charge in [-0.2, -0.15) is 0 Å². The van der Waals surface area contributed by atoms with Crippen molar-refractivity contribution in [2.45, 2.75) is 95.9 Å². The molecule has 0 aromatic carbocycles. The van der Waals surface area contributed by atoms with E-state index in [-0.39, 0.29) is 11.0 Å². The van der Waals surface area contributed by atoms with Crippen LogP contribution >= 0.6 is 22.6 Å². The maximum Gasteiger partial charge on any atom is 0.323 e. The topological polar surface area (TPSA) is 88.1 Å². The number of carbonyl (C=O) groups excluding carboxylic acids is 3. The first kappa shape index (κ1) is 32.1. The minimum atomic E-state index is -2.18. The predicted molar refractivity (Wildman–Crippen MR) is 148 cm³/mol. The number of esters is 3. The van der Waals surface area contributed by atoms with Gasteiger partial charge in [-0.3, -0.25) is 14.4 Å². The normalized spacial score (nSPS) is 22.3. The number of unbranched alkanes of at least 4 members (excludes halogenated alkanes) is 2. The molecule has 2 unspecified atom stereocenters. The second-order valence-corrected chi connectivity index (χ2v) is 16.9. The molecule has 0 spiro atoms. The molecule has 1 rings (SSSR count). The quantitative estimate of drug-likeness (QED) is 0.0323. The monoisotopic (exact) mass is 624 g/mol. The minimum absolute atomic E-state index is 0.0218. The maximum absolute atomic E-state index is 13.0. The summed E-state index contributed by atoms with van der Waals surface area (Å²) in [4.78, 5) is 38.5. The number of alkyl halides is 1. The molecule has 202 valence electrons. The van der Waals surface area contributed by atoms with Crippen LogP contribution < -0.4 is 0 Å². The van der Waals surface area contributed by atoms with E-state index < -0.39 is 36.7 Å². The zero-order chi connectivity index (χ0) is 27.1. The Morgan fingerprint density at radius 3 is 1.86 bits per heavy atom. The highest BCUT2D eigenvalue weighted by atomic mass is 127. The van der Waals surface area contributed by atoms with Crippen LogP contribution in [0, 0.1) is 10.8 Å². The van der Waals surface area contributed by atoms with E-state index >= 15 is 0 Å². The second kappa shape index (κ2) is 12.5. The van der Waals surface area contributed by atoms with E-state index in [1.54, 1.807) is 6.08 Å². The average molecular weight is 625 g/mol. The van der Waals surface area contributed by atoms with Gasteiger partial charge in [0.05, 0.1) is 26.9 Å². The molecule has 0 aromatic rings. The summed E-state index contributed by atoms with van der Waals surface area (Å²) in [6, 6.07) is 0. The SMILES string of the molecule is C=CC1(O[Si](C)(C)C(C)(C)C)CC1(CCCCC(CCCCI)(C(=O)OC)C(=O)OC)C(=O)OC. The Balaban J connectivity index is 3.08. The Kier molecular flexibility index (Phi) is 11.5. The van der Waals surface area contributed by atoms with Crippen LogP contribution in [0.25, 0.3) is 0 Å². The fourth-order valence-corrected chi connectivity index (χ4v) is 6.79. The largest absolute Gasteiger partial charge is 0.468 e. The van der Waals surface area contributed by atoms with Gasteiger partial charge in [0.15, 0.2) is 13.7 Å². The highest BCUT2D eigenvalue weighted by Crippen LogP contribution is 2.65. The lowest BCUT2D eigenvalue weighted by Gasteiger charge is -2.40. The molecule has 1 aliphatic carbocycles. The number of methoxy groups -OCH3 is 3. The molecule has 35 heavy (non-hydrogen) atoms. The van der Waals surface area contributed by atoms with Crippen LogP contribution in [0.5, 0.6) is 0 Å². The highest BCUT2D eigenvalue weighted by molar-refractivity contribution is 14.1. The van der Waals surface area contributed by atoms with Gasteiger partial charge >= 0.3 is 17.9 Å². The molecular weight excluding hydrogens is 579 g/mol. The number of ether oxygens (including phenoxy) is 3. The van der Waals surface area contributed by atoms with Crippen LogP contribution in [0.15, 0.2) is 12.7 Å². The lowest BCUT2D eigenvalue weighted by atomic mass is 9.77. The van der Waals surface area contributed by atoms with Crippen LogP contribution in [0.2, 0.25) is 18.1 Å². The summed E-state index contributed by atoms with van der Waals surface area (Å²) in [5, 5.41) is -0.0218. The van der Waals surface area contributed by atoms with Crippen molar-refractivity contribution in [1.29, 1.82) is 0 Å². The zero-order valence-electron chi connectivity index (χ0n) is 22.9. The third-order valence-electron chi connectivity index (χ3n) is 8.00. The maximum atomic E-state index is 13.0. The van der Waals surface area contributed by atoms with Gasteiger partial charge in [0, 0.05) is 0 Å².